The molecule has 0 spiro atoms. The predicted octanol–water partition coefficient (Wildman–Crippen LogP) is 2.17. The number of halogens is 1. The average molecular weight is 283 g/mol. The lowest BCUT2D eigenvalue weighted by atomic mass is 10.1. The molecule has 2 N–H and O–H groups in total. The molecule has 0 amide bonds. The standard InChI is InChI=1S/C14H18N2O2.ClH/c17-12-1-2-14-13(9-12)11(10-15-14)3-4-16-5-7-18-8-6-16;/h1-2,9-10,15,17H,3-8H2;1H. The van der Waals surface area contributed by atoms with Crippen LogP contribution in [0.4, 0.5) is 0 Å². The van der Waals surface area contributed by atoms with E-state index in [4.69, 9.17) is 4.74 Å². The van der Waals surface area contributed by atoms with Crippen LogP contribution in [0, 0.1) is 0 Å². The summed E-state index contributed by atoms with van der Waals surface area (Å²) < 4.78 is 5.34. The number of morpholine rings is 1. The van der Waals surface area contributed by atoms with Crippen molar-refractivity contribution < 1.29 is 9.84 Å². The number of rotatable bonds is 3. The Hall–Kier alpha value is -1.23. The quantitative estimate of drug-likeness (QED) is 0.907. The maximum Gasteiger partial charge on any atom is 0.116 e. The van der Waals surface area contributed by atoms with Crippen LogP contribution in [0.3, 0.4) is 0 Å². The van der Waals surface area contributed by atoms with Crippen LogP contribution in [-0.4, -0.2) is 47.8 Å². The number of nitrogens with one attached hydrogen (secondary N) is 1. The Morgan fingerprint density at radius 3 is 2.84 bits per heavy atom. The summed E-state index contributed by atoms with van der Waals surface area (Å²) in [7, 11) is 0. The van der Waals surface area contributed by atoms with Crippen LogP contribution in [0.5, 0.6) is 5.75 Å². The summed E-state index contributed by atoms with van der Waals surface area (Å²) in [6.07, 6.45) is 3.05. The zero-order valence-corrected chi connectivity index (χ0v) is 11.6. The molecule has 1 saturated heterocycles. The lowest BCUT2D eigenvalue weighted by molar-refractivity contribution is 0.0385. The van der Waals surface area contributed by atoms with Gasteiger partial charge in [-0.05, 0) is 30.2 Å². The number of aromatic nitrogens is 1. The van der Waals surface area contributed by atoms with Crippen molar-refractivity contribution in [3.8, 4) is 5.75 Å². The van der Waals surface area contributed by atoms with Gasteiger partial charge in [0.15, 0.2) is 0 Å². The van der Waals surface area contributed by atoms with Gasteiger partial charge in [-0.3, -0.25) is 4.90 Å². The minimum absolute atomic E-state index is 0. The molecule has 0 saturated carbocycles. The third-order valence-electron chi connectivity index (χ3n) is 3.55. The molecule has 1 aliphatic heterocycles. The highest BCUT2D eigenvalue weighted by atomic mass is 35.5. The number of aromatic hydroxyl groups is 1. The van der Waals surface area contributed by atoms with Gasteiger partial charge in [0.2, 0.25) is 0 Å². The number of hydrogen-bond acceptors (Lipinski definition) is 3. The van der Waals surface area contributed by atoms with E-state index in [1.54, 1.807) is 6.07 Å². The third kappa shape index (κ3) is 3.21. The first kappa shape index (κ1) is 14.2. The molecule has 19 heavy (non-hydrogen) atoms. The first-order valence-corrected chi connectivity index (χ1v) is 6.42. The summed E-state index contributed by atoms with van der Waals surface area (Å²) in [6, 6.07) is 5.47. The fourth-order valence-corrected chi connectivity index (χ4v) is 2.48. The van der Waals surface area contributed by atoms with Crippen molar-refractivity contribution in [3.05, 3.63) is 30.0 Å². The van der Waals surface area contributed by atoms with Crippen molar-refractivity contribution in [2.24, 2.45) is 0 Å². The van der Waals surface area contributed by atoms with Gasteiger partial charge >= 0.3 is 0 Å². The number of hydrogen-bond donors (Lipinski definition) is 2. The molecule has 3 rings (SSSR count). The molecular weight excluding hydrogens is 264 g/mol. The van der Waals surface area contributed by atoms with Crippen LogP contribution >= 0.6 is 12.4 Å². The van der Waals surface area contributed by atoms with Crippen LogP contribution in [-0.2, 0) is 11.2 Å². The van der Waals surface area contributed by atoms with Gasteiger partial charge < -0.3 is 14.8 Å². The summed E-state index contributed by atoms with van der Waals surface area (Å²) in [5, 5.41) is 10.7. The minimum atomic E-state index is 0. The van der Waals surface area contributed by atoms with Crippen molar-refractivity contribution in [2.75, 3.05) is 32.8 Å². The zero-order chi connectivity index (χ0) is 12.4. The number of benzene rings is 1. The number of fused-ring (bicyclic) bond motifs is 1. The van der Waals surface area contributed by atoms with Gasteiger partial charge in [-0.25, -0.2) is 0 Å². The number of nitrogens with zero attached hydrogens (tertiary/aromatic N) is 1. The van der Waals surface area contributed by atoms with Crippen molar-refractivity contribution in [1.82, 2.24) is 9.88 Å². The van der Waals surface area contributed by atoms with E-state index in [-0.39, 0.29) is 12.4 Å². The monoisotopic (exact) mass is 282 g/mol. The molecule has 1 aromatic carbocycles. The SMILES string of the molecule is Cl.Oc1ccc2[nH]cc(CCN3CCOCC3)c2c1. The summed E-state index contributed by atoms with van der Waals surface area (Å²) in [6.45, 7) is 4.77. The zero-order valence-electron chi connectivity index (χ0n) is 10.8. The van der Waals surface area contributed by atoms with Gasteiger partial charge in [0.05, 0.1) is 13.2 Å². The fraction of sp³-hybridized carbons (Fsp3) is 0.429. The van der Waals surface area contributed by atoms with Crippen LogP contribution < -0.4 is 0 Å². The number of ether oxygens (including phenoxy) is 1. The van der Waals surface area contributed by atoms with Gasteiger partial charge in [0, 0.05) is 36.7 Å². The van der Waals surface area contributed by atoms with Crippen LogP contribution in [0.15, 0.2) is 24.4 Å². The molecule has 104 valence electrons. The predicted molar refractivity (Wildman–Crippen MR) is 78.2 cm³/mol. The maximum absolute atomic E-state index is 9.55. The molecule has 1 aliphatic rings. The van der Waals surface area contributed by atoms with Gasteiger partial charge in [-0.1, -0.05) is 0 Å². The summed E-state index contributed by atoms with van der Waals surface area (Å²) in [5.41, 5.74) is 2.36. The summed E-state index contributed by atoms with van der Waals surface area (Å²) >= 11 is 0. The Bertz CT molecular complexity index is 535. The second kappa shape index (κ2) is 6.28. The third-order valence-corrected chi connectivity index (χ3v) is 3.55. The molecule has 1 aromatic heterocycles. The molecule has 0 atom stereocenters. The number of phenolic OH excluding ortho intramolecular Hbond substituents is 1. The maximum atomic E-state index is 9.55. The van der Waals surface area contributed by atoms with E-state index in [1.165, 1.54) is 5.56 Å². The lowest BCUT2D eigenvalue weighted by Crippen LogP contribution is -2.37. The smallest absolute Gasteiger partial charge is 0.116 e. The highest BCUT2D eigenvalue weighted by Gasteiger charge is 2.11. The first-order chi connectivity index (χ1) is 8.83. The van der Waals surface area contributed by atoms with Gasteiger partial charge in [0.25, 0.3) is 0 Å². The molecule has 0 aliphatic carbocycles. The van der Waals surface area contributed by atoms with E-state index in [1.807, 2.05) is 18.3 Å². The normalized spacial score (nSPS) is 16.4. The number of H-pyrrole nitrogens is 1. The van der Waals surface area contributed by atoms with Crippen molar-refractivity contribution in [1.29, 1.82) is 0 Å². The first-order valence-electron chi connectivity index (χ1n) is 6.42. The minimum Gasteiger partial charge on any atom is -0.508 e. The molecule has 2 aromatic rings. The Labute approximate surface area is 118 Å². The Kier molecular flexibility index (Phi) is 4.69. The largest absolute Gasteiger partial charge is 0.508 e. The topological polar surface area (TPSA) is 48.5 Å². The number of phenols is 1. The van der Waals surface area contributed by atoms with E-state index in [2.05, 4.69) is 9.88 Å². The summed E-state index contributed by atoms with van der Waals surface area (Å²) in [4.78, 5) is 5.67. The molecule has 2 heterocycles. The van der Waals surface area contributed by atoms with Crippen molar-refractivity contribution in [2.45, 2.75) is 6.42 Å². The van der Waals surface area contributed by atoms with E-state index < -0.39 is 0 Å². The highest BCUT2D eigenvalue weighted by molar-refractivity contribution is 5.85. The van der Waals surface area contributed by atoms with Crippen molar-refractivity contribution in [3.63, 3.8) is 0 Å². The fourth-order valence-electron chi connectivity index (χ4n) is 2.48. The number of aromatic amines is 1. The van der Waals surface area contributed by atoms with Gasteiger partial charge in [0.1, 0.15) is 5.75 Å². The second-order valence-corrected chi connectivity index (χ2v) is 4.75. The van der Waals surface area contributed by atoms with Crippen LogP contribution in [0.2, 0.25) is 0 Å². The molecule has 0 bridgehead atoms. The van der Waals surface area contributed by atoms with Gasteiger partial charge in [-0.15, -0.1) is 12.4 Å². The van der Waals surface area contributed by atoms with E-state index in [9.17, 15) is 5.11 Å². The molecule has 5 heteroatoms. The summed E-state index contributed by atoms with van der Waals surface area (Å²) in [5.74, 6) is 0.328. The average Bonchev–Trinajstić information content (AvgIpc) is 2.80. The van der Waals surface area contributed by atoms with E-state index in [0.717, 1.165) is 50.2 Å². The highest BCUT2D eigenvalue weighted by Crippen LogP contribution is 2.23. The Morgan fingerprint density at radius 1 is 1.26 bits per heavy atom. The molecule has 0 radical (unpaired) electrons. The van der Waals surface area contributed by atoms with E-state index in [0.29, 0.717) is 5.75 Å². The second-order valence-electron chi connectivity index (χ2n) is 4.75. The molecule has 4 nitrogen and oxygen atoms in total. The van der Waals surface area contributed by atoms with Gasteiger partial charge in [-0.2, -0.15) is 0 Å². The van der Waals surface area contributed by atoms with Crippen molar-refractivity contribution >= 4 is 23.3 Å². The Morgan fingerprint density at radius 2 is 2.05 bits per heavy atom. The van der Waals surface area contributed by atoms with Crippen LogP contribution in [0.25, 0.3) is 10.9 Å². The Balaban J connectivity index is 0.00000133. The molecular formula is C14H19ClN2O2. The van der Waals surface area contributed by atoms with E-state index >= 15 is 0 Å². The molecule has 0 unspecified atom stereocenters. The lowest BCUT2D eigenvalue weighted by Gasteiger charge is -2.26. The van der Waals surface area contributed by atoms with Crippen LogP contribution in [0.1, 0.15) is 5.56 Å². The molecule has 1 fully saturated rings.